The van der Waals surface area contributed by atoms with Gasteiger partial charge >= 0.3 is 0 Å². The molecule has 1 aliphatic rings. The lowest BCUT2D eigenvalue weighted by Crippen LogP contribution is -2.33. The van der Waals surface area contributed by atoms with Crippen molar-refractivity contribution < 1.29 is 4.74 Å². The summed E-state index contributed by atoms with van der Waals surface area (Å²) in [5.74, 6) is 1.52. The Bertz CT molecular complexity index is 978. The van der Waals surface area contributed by atoms with Crippen LogP contribution in [0.2, 0.25) is 0 Å². The summed E-state index contributed by atoms with van der Waals surface area (Å²) in [5, 5.41) is 4.94. The van der Waals surface area contributed by atoms with Gasteiger partial charge in [-0.2, -0.15) is 5.10 Å². The maximum Gasteiger partial charge on any atom is 0.120 e. The number of benzene rings is 2. The summed E-state index contributed by atoms with van der Waals surface area (Å²) in [6.07, 6.45) is 3.27. The maximum absolute atomic E-state index is 5.95. The normalized spacial score (nSPS) is 15.8. The molecule has 170 valence electrons. The third-order valence-corrected chi connectivity index (χ3v) is 6.15. The molecule has 0 unspecified atom stereocenters. The van der Waals surface area contributed by atoms with Crippen molar-refractivity contribution in [3.8, 4) is 5.75 Å². The number of piperidine rings is 1. The second-order valence-electron chi connectivity index (χ2n) is 9.95. The number of likely N-dealkylation sites (tertiary alicyclic amines) is 1. The third kappa shape index (κ3) is 6.01. The zero-order chi connectivity index (χ0) is 22.6. The number of rotatable bonds is 7. The highest BCUT2D eigenvalue weighted by atomic mass is 16.5. The van der Waals surface area contributed by atoms with E-state index < -0.39 is 0 Å². The van der Waals surface area contributed by atoms with Crippen molar-refractivity contribution in [1.82, 2.24) is 14.7 Å². The number of nitrogens with zero attached hydrogens (tertiary/aromatic N) is 3. The van der Waals surface area contributed by atoms with Crippen molar-refractivity contribution >= 4 is 0 Å². The van der Waals surface area contributed by atoms with E-state index in [9.17, 15) is 0 Å². The lowest BCUT2D eigenvalue weighted by molar-refractivity contribution is 0.131. The van der Waals surface area contributed by atoms with E-state index in [1.807, 2.05) is 0 Å². The van der Waals surface area contributed by atoms with E-state index in [-0.39, 0.29) is 5.60 Å². The Morgan fingerprint density at radius 2 is 1.62 bits per heavy atom. The summed E-state index contributed by atoms with van der Waals surface area (Å²) in [7, 11) is 0. The number of ether oxygens (including phenoxy) is 1. The fraction of sp³-hybridized carbons (Fsp3) is 0.464. The van der Waals surface area contributed by atoms with Gasteiger partial charge in [-0.25, -0.2) is 0 Å². The summed E-state index contributed by atoms with van der Waals surface area (Å²) in [4.78, 5) is 2.58. The molecule has 32 heavy (non-hydrogen) atoms. The van der Waals surface area contributed by atoms with E-state index >= 15 is 0 Å². The van der Waals surface area contributed by atoms with Crippen molar-refractivity contribution in [2.24, 2.45) is 0 Å². The molecule has 2 heterocycles. The molecule has 0 N–H and O–H groups in total. The minimum absolute atomic E-state index is 0.174. The molecule has 1 aliphatic heterocycles. The summed E-state index contributed by atoms with van der Waals surface area (Å²) in [6.45, 7) is 12.7. The van der Waals surface area contributed by atoms with Crippen LogP contribution in [0.1, 0.15) is 69.0 Å². The average Bonchev–Trinajstić information content (AvgIpc) is 3.18. The molecule has 1 fully saturated rings. The number of aryl methyl sites for hydroxylation is 1. The van der Waals surface area contributed by atoms with Gasteiger partial charge < -0.3 is 4.74 Å². The molecule has 3 aromatic rings. The monoisotopic (exact) mass is 431 g/mol. The topological polar surface area (TPSA) is 30.3 Å². The number of aromatic nitrogens is 2. The molecule has 2 aromatic carbocycles. The predicted octanol–water partition coefficient (Wildman–Crippen LogP) is 6.05. The molecule has 0 aliphatic carbocycles. The van der Waals surface area contributed by atoms with E-state index in [1.165, 1.54) is 29.7 Å². The highest BCUT2D eigenvalue weighted by Crippen LogP contribution is 2.30. The van der Waals surface area contributed by atoms with Gasteiger partial charge in [-0.05, 0) is 83.0 Å². The Kier molecular flexibility index (Phi) is 7.00. The molecular formula is C28H37N3O. The van der Waals surface area contributed by atoms with E-state index in [1.54, 1.807) is 0 Å². The largest absolute Gasteiger partial charge is 0.488 e. The van der Waals surface area contributed by atoms with Crippen LogP contribution in [0.15, 0.2) is 60.7 Å². The third-order valence-electron chi connectivity index (χ3n) is 6.15. The first-order chi connectivity index (χ1) is 15.4. The minimum atomic E-state index is -0.174. The average molecular weight is 432 g/mol. The van der Waals surface area contributed by atoms with Gasteiger partial charge in [-0.15, -0.1) is 0 Å². The Morgan fingerprint density at radius 3 is 2.25 bits per heavy atom. The van der Waals surface area contributed by atoms with Crippen LogP contribution in [0.4, 0.5) is 0 Å². The van der Waals surface area contributed by atoms with Gasteiger partial charge in [0, 0.05) is 31.1 Å². The van der Waals surface area contributed by atoms with Crippen molar-refractivity contribution in [3.63, 3.8) is 0 Å². The standard InChI is InChI=1S/C28H37N3O/c1-5-31-27(24-15-17-30(18-16-24)21-23-9-7-6-8-10-23)20-25(29-31)19-22-11-13-26(14-12-22)32-28(2,3)4/h6-14,20,24H,5,15-19,21H2,1-4H3. The molecule has 4 rings (SSSR count). The molecule has 0 atom stereocenters. The van der Waals surface area contributed by atoms with Crippen molar-refractivity contribution in [2.75, 3.05) is 13.1 Å². The van der Waals surface area contributed by atoms with Crippen molar-refractivity contribution in [3.05, 3.63) is 83.2 Å². The highest BCUT2D eigenvalue weighted by Gasteiger charge is 2.24. The van der Waals surface area contributed by atoms with Crippen LogP contribution in [0.3, 0.4) is 0 Å². The van der Waals surface area contributed by atoms with E-state index in [4.69, 9.17) is 9.84 Å². The Labute approximate surface area is 193 Å². The van der Waals surface area contributed by atoms with Gasteiger partial charge in [0.2, 0.25) is 0 Å². The molecule has 0 saturated carbocycles. The molecular weight excluding hydrogens is 394 g/mol. The second-order valence-corrected chi connectivity index (χ2v) is 9.95. The van der Waals surface area contributed by atoms with Gasteiger partial charge in [0.1, 0.15) is 11.4 Å². The first-order valence-corrected chi connectivity index (χ1v) is 12.0. The fourth-order valence-corrected chi connectivity index (χ4v) is 4.62. The Hall–Kier alpha value is -2.59. The van der Waals surface area contributed by atoms with Crippen molar-refractivity contribution in [2.45, 2.75) is 71.6 Å². The van der Waals surface area contributed by atoms with Gasteiger partial charge in [-0.3, -0.25) is 9.58 Å². The molecule has 1 saturated heterocycles. The van der Waals surface area contributed by atoms with Crippen LogP contribution < -0.4 is 4.74 Å². The molecule has 0 amide bonds. The molecule has 0 bridgehead atoms. The van der Waals surface area contributed by atoms with Gasteiger partial charge in [-0.1, -0.05) is 42.5 Å². The SMILES string of the molecule is CCn1nc(Cc2ccc(OC(C)(C)C)cc2)cc1C1CCN(Cc2ccccc2)CC1. The summed E-state index contributed by atoms with van der Waals surface area (Å²) < 4.78 is 8.18. The molecule has 4 nitrogen and oxygen atoms in total. The quantitative estimate of drug-likeness (QED) is 0.456. The maximum atomic E-state index is 5.95. The molecule has 4 heteroatoms. The smallest absolute Gasteiger partial charge is 0.120 e. The zero-order valence-corrected chi connectivity index (χ0v) is 20.1. The molecule has 0 radical (unpaired) electrons. The zero-order valence-electron chi connectivity index (χ0n) is 20.1. The van der Waals surface area contributed by atoms with Crippen LogP contribution in [-0.2, 0) is 19.5 Å². The lowest BCUT2D eigenvalue weighted by atomic mass is 9.92. The summed E-state index contributed by atoms with van der Waals surface area (Å²) in [6, 6.07) is 21.6. The Morgan fingerprint density at radius 1 is 0.938 bits per heavy atom. The predicted molar refractivity (Wildman–Crippen MR) is 131 cm³/mol. The highest BCUT2D eigenvalue weighted by molar-refractivity contribution is 5.31. The van der Waals surface area contributed by atoms with E-state index in [0.717, 1.165) is 44.0 Å². The second kappa shape index (κ2) is 9.91. The van der Waals surface area contributed by atoms with Gasteiger partial charge in [0.15, 0.2) is 0 Å². The summed E-state index contributed by atoms with van der Waals surface area (Å²) in [5.41, 5.74) is 5.09. The Balaban J connectivity index is 1.37. The van der Waals surface area contributed by atoms with Crippen LogP contribution in [0.5, 0.6) is 5.75 Å². The lowest BCUT2D eigenvalue weighted by Gasteiger charge is -2.32. The summed E-state index contributed by atoms with van der Waals surface area (Å²) >= 11 is 0. The van der Waals surface area contributed by atoms with Gasteiger partial charge in [0.05, 0.1) is 5.69 Å². The molecule has 1 aromatic heterocycles. The number of hydrogen-bond donors (Lipinski definition) is 0. The minimum Gasteiger partial charge on any atom is -0.488 e. The van der Waals surface area contributed by atoms with Crippen LogP contribution in [0, 0.1) is 0 Å². The van der Waals surface area contributed by atoms with Crippen LogP contribution >= 0.6 is 0 Å². The fourth-order valence-electron chi connectivity index (χ4n) is 4.62. The van der Waals surface area contributed by atoms with Gasteiger partial charge in [0.25, 0.3) is 0 Å². The van der Waals surface area contributed by atoms with E-state index in [2.05, 4.69) is 97.9 Å². The van der Waals surface area contributed by atoms with Crippen LogP contribution in [0.25, 0.3) is 0 Å². The van der Waals surface area contributed by atoms with Crippen LogP contribution in [-0.4, -0.2) is 33.4 Å². The number of hydrogen-bond acceptors (Lipinski definition) is 3. The first kappa shape index (κ1) is 22.6. The van der Waals surface area contributed by atoms with Crippen molar-refractivity contribution in [1.29, 1.82) is 0 Å². The van der Waals surface area contributed by atoms with E-state index in [0.29, 0.717) is 5.92 Å². The first-order valence-electron chi connectivity index (χ1n) is 12.0. The molecule has 0 spiro atoms.